The van der Waals surface area contributed by atoms with E-state index >= 15 is 0 Å². The van der Waals surface area contributed by atoms with Crippen molar-refractivity contribution in [3.05, 3.63) is 70.0 Å². The summed E-state index contributed by atoms with van der Waals surface area (Å²) >= 11 is 5.99. The molecule has 3 heteroatoms. The molecule has 1 atom stereocenters. The molecule has 1 nitrogen and oxygen atoms in total. The summed E-state index contributed by atoms with van der Waals surface area (Å²) in [5.41, 5.74) is 8.98. The van der Waals surface area contributed by atoms with Gasteiger partial charge in [0.15, 0.2) is 0 Å². The topological polar surface area (TPSA) is 26.0 Å². The van der Waals surface area contributed by atoms with Crippen molar-refractivity contribution in [2.75, 3.05) is 0 Å². The van der Waals surface area contributed by atoms with Crippen molar-refractivity contribution in [3.63, 3.8) is 0 Å². The van der Waals surface area contributed by atoms with E-state index in [-0.39, 0.29) is 11.9 Å². The van der Waals surface area contributed by atoms with Gasteiger partial charge in [0.05, 0.1) is 6.04 Å². The molecular weight excluding hydrogens is 237 g/mol. The minimum absolute atomic E-state index is 0.330. The molecule has 0 spiro atoms. The fraction of sp³-hybridized carbons (Fsp3) is 0.143. The quantitative estimate of drug-likeness (QED) is 0.860. The van der Waals surface area contributed by atoms with E-state index in [2.05, 4.69) is 0 Å². The third-order valence-corrected chi connectivity index (χ3v) is 3.06. The van der Waals surface area contributed by atoms with Crippen molar-refractivity contribution in [1.82, 2.24) is 0 Å². The summed E-state index contributed by atoms with van der Waals surface area (Å²) in [6.07, 6.45) is 0. The van der Waals surface area contributed by atoms with Crippen LogP contribution in [0.3, 0.4) is 0 Å². The van der Waals surface area contributed by atoms with Crippen molar-refractivity contribution in [2.45, 2.75) is 13.0 Å². The second-order valence-electron chi connectivity index (χ2n) is 4.05. The number of nitrogens with two attached hydrogens (primary N) is 1. The molecule has 0 fully saturated rings. The summed E-state index contributed by atoms with van der Waals surface area (Å²) in [6, 6.07) is 11.9. The van der Waals surface area contributed by atoms with Crippen LogP contribution < -0.4 is 5.73 Å². The van der Waals surface area contributed by atoms with Crippen LogP contribution in [0.1, 0.15) is 22.7 Å². The number of benzene rings is 2. The lowest BCUT2D eigenvalue weighted by Crippen LogP contribution is -2.12. The molecule has 2 aromatic rings. The number of hydrogen-bond donors (Lipinski definition) is 1. The summed E-state index contributed by atoms with van der Waals surface area (Å²) in [4.78, 5) is 0. The molecule has 0 aliphatic carbocycles. The summed E-state index contributed by atoms with van der Waals surface area (Å²) < 4.78 is 12.9. The van der Waals surface area contributed by atoms with Crippen molar-refractivity contribution < 1.29 is 4.39 Å². The summed E-state index contributed by atoms with van der Waals surface area (Å²) in [7, 11) is 0. The first-order valence-corrected chi connectivity index (χ1v) is 5.73. The molecule has 0 amide bonds. The molecular formula is C14H13ClFN. The molecule has 2 aromatic carbocycles. The fourth-order valence-electron chi connectivity index (χ4n) is 1.71. The third-order valence-electron chi connectivity index (χ3n) is 2.73. The van der Waals surface area contributed by atoms with Crippen LogP contribution in [-0.4, -0.2) is 0 Å². The molecule has 2 rings (SSSR count). The highest BCUT2D eigenvalue weighted by atomic mass is 35.5. The van der Waals surface area contributed by atoms with Crippen LogP contribution in [0.15, 0.2) is 42.5 Å². The lowest BCUT2D eigenvalue weighted by atomic mass is 9.99. The van der Waals surface area contributed by atoms with E-state index in [0.29, 0.717) is 5.02 Å². The van der Waals surface area contributed by atoms with Crippen LogP contribution in [-0.2, 0) is 0 Å². The highest BCUT2D eigenvalue weighted by Gasteiger charge is 2.12. The molecule has 0 bridgehead atoms. The van der Waals surface area contributed by atoms with E-state index < -0.39 is 0 Å². The van der Waals surface area contributed by atoms with Crippen LogP contribution in [0.2, 0.25) is 5.02 Å². The Hall–Kier alpha value is -1.38. The van der Waals surface area contributed by atoms with Gasteiger partial charge in [-0.3, -0.25) is 0 Å². The van der Waals surface area contributed by atoms with Crippen LogP contribution in [0.5, 0.6) is 0 Å². The zero-order chi connectivity index (χ0) is 12.4. The van der Waals surface area contributed by atoms with Crippen molar-refractivity contribution in [1.29, 1.82) is 0 Å². The van der Waals surface area contributed by atoms with Crippen LogP contribution in [0.4, 0.5) is 4.39 Å². The first kappa shape index (κ1) is 12.1. The van der Waals surface area contributed by atoms with Gasteiger partial charge in [-0.15, -0.1) is 0 Å². The SMILES string of the molecule is Cc1ccc(C(N)c2ccc(F)cc2Cl)cc1. The van der Waals surface area contributed by atoms with Crippen LogP contribution >= 0.6 is 11.6 Å². The molecule has 1 unspecified atom stereocenters. The zero-order valence-corrected chi connectivity index (χ0v) is 10.2. The average molecular weight is 250 g/mol. The Labute approximate surface area is 105 Å². The highest BCUT2D eigenvalue weighted by Crippen LogP contribution is 2.27. The molecule has 0 aliphatic rings. The predicted molar refractivity (Wildman–Crippen MR) is 68.6 cm³/mol. The molecule has 0 aliphatic heterocycles. The van der Waals surface area contributed by atoms with E-state index in [1.807, 2.05) is 31.2 Å². The minimum atomic E-state index is -0.352. The van der Waals surface area contributed by atoms with E-state index in [1.165, 1.54) is 17.7 Å². The van der Waals surface area contributed by atoms with E-state index in [4.69, 9.17) is 17.3 Å². The normalized spacial score (nSPS) is 12.5. The first-order valence-electron chi connectivity index (χ1n) is 5.35. The lowest BCUT2D eigenvalue weighted by molar-refractivity contribution is 0.626. The van der Waals surface area contributed by atoms with Gasteiger partial charge in [-0.1, -0.05) is 47.5 Å². The van der Waals surface area contributed by atoms with Gasteiger partial charge in [-0.25, -0.2) is 4.39 Å². The lowest BCUT2D eigenvalue weighted by Gasteiger charge is -2.14. The van der Waals surface area contributed by atoms with Gasteiger partial charge in [0.2, 0.25) is 0 Å². The summed E-state index contributed by atoms with van der Waals surface area (Å²) in [5.74, 6) is -0.352. The number of halogens is 2. The Balaban J connectivity index is 2.36. The summed E-state index contributed by atoms with van der Waals surface area (Å²) in [6.45, 7) is 2.01. The Morgan fingerprint density at radius 3 is 2.35 bits per heavy atom. The molecule has 17 heavy (non-hydrogen) atoms. The molecule has 88 valence electrons. The molecule has 0 saturated heterocycles. The first-order chi connectivity index (χ1) is 8.08. The fourth-order valence-corrected chi connectivity index (χ4v) is 1.99. The second kappa shape index (κ2) is 4.86. The average Bonchev–Trinajstić information content (AvgIpc) is 2.29. The van der Waals surface area contributed by atoms with Crippen molar-refractivity contribution >= 4 is 11.6 Å². The molecule has 0 heterocycles. The Morgan fingerprint density at radius 1 is 1.12 bits per heavy atom. The monoisotopic (exact) mass is 249 g/mol. The van der Waals surface area contributed by atoms with E-state index in [9.17, 15) is 4.39 Å². The van der Waals surface area contributed by atoms with Gasteiger partial charge in [0, 0.05) is 5.02 Å². The van der Waals surface area contributed by atoms with Gasteiger partial charge >= 0.3 is 0 Å². The zero-order valence-electron chi connectivity index (χ0n) is 9.45. The Morgan fingerprint density at radius 2 is 1.76 bits per heavy atom. The maximum atomic E-state index is 12.9. The molecule has 0 saturated carbocycles. The number of rotatable bonds is 2. The van der Waals surface area contributed by atoms with Gasteiger partial charge in [0.25, 0.3) is 0 Å². The standard InChI is InChI=1S/C14H13ClFN/c1-9-2-4-10(5-3-9)14(17)12-7-6-11(16)8-13(12)15/h2-8,14H,17H2,1H3. The van der Waals surface area contributed by atoms with Gasteiger partial charge < -0.3 is 5.73 Å². The summed E-state index contributed by atoms with van der Waals surface area (Å²) in [5, 5.41) is 0.359. The van der Waals surface area contributed by atoms with Crippen molar-refractivity contribution in [3.8, 4) is 0 Å². The van der Waals surface area contributed by atoms with E-state index in [0.717, 1.165) is 11.1 Å². The largest absolute Gasteiger partial charge is 0.320 e. The molecule has 2 N–H and O–H groups in total. The predicted octanol–water partition coefficient (Wildman–Crippen LogP) is 3.84. The molecule has 0 radical (unpaired) electrons. The van der Waals surface area contributed by atoms with E-state index in [1.54, 1.807) is 6.07 Å². The number of aryl methyl sites for hydroxylation is 1. The van der Waals surface area contributed by atoms with Crippen LogP contribution in [0, 0.1) is 12.7 Å². The van der Waals surface area contributed by atoms with Crippen LogP contribution in [0.25, 0.3) is 0 Å². The Kier molecular flexibility index (Phi) is 3.46. The maximum Gasteiger partial charge on any atom is 0.124 e. The van der Waals surface area contributed by atoms with Gasteiger partial charge in [0.1, 0.15) is 5.82 Å². The van der Waals surface area contributed by atoms with Crippen molar-refractivity contribution in [2.24, 2.45) is 5.73 Å². The molecule has 0 aromatic heterocycles. The highest BCUT2D eigenvalue weighted by molar-refractivity contribution is 6.31. The third kappa shape index (κ3) is 2.65. The maximum absolute atomic E-state index is 12.9. The number of hydrogen-bond acceptors (Lipinski definition) is 1. The second-order valence-corrected chi connectivity index (χ2v) is 4.46. The van der Waals surface area contributed by atoms with Gasteiger partial charge in [-0.2, -0.15) is 0 Å². The minimum Gasteiger partial charge on any atom is -0.320 e. The van der Waals surface area contributed by atoms with Gasteiger partial charge in [-0.05, 0) is 30.2 Å². The Bertz CT molecular complexity index is 522. The smallest absolute Gasteiger partial charge is 0.124 e.